The summed E-state index contributed by atoms with van der Waals surface area (Å²) in [5.41, 5.74) is 17.5. The quantitative estimate of drug-likeness (QED) is 0.444. The third-order valence-electron chi connectivity index (χ3n) is 6.15. The first-order chi connectivity index (χ1) is 16.5. The van der Waals surface area contributed by atoms with Crippen LogP contribution in [0.1, 0.15) is 5.56 Å². The monoisotopic (exact) mass is 455 g/mol. The normalized spacial score (nSPS) is 14.3. The van der Waals surface area contributed by atoms with Crippen LogP contribution >= 0.6 is 0 Å². The SMILES string of the molecule is COc1c(N)cc(N)c(N2CCN(C)CC2)c1-c1ncc(C#N)c(-c2cnn3ccccc23)n1. The number of rotatable bonds is 4. The van der Waals surface area contributed by atoms with Gasteiger partial charge in [-0.1, -0.05) is 6.07 Å². The average Bonchev–Trinajstić information content (AvgIpc) is 3.28. The first kappa shape index (κ1) is 21.5. The molecule has 5 rings (SSSR count). The lowest BCUT2D eigenvalue weighted by Crippen LogP contribution is -2.45. The molecule has 0 unspecified atom stereocenters. The summed E-state index contributed by atoms with van der Waals surface area (Å²) in [5.74, 6) is 0.840. The summed E-state index contributed by atoms with van der Waals surface area (Å²) in [6.07, 6.45) is 5.07. The summed E-state index contributed by atoms with van der Waals surface area (Å²) < 4.78 is 7.46. The van der Waals surface area contributed by atoms with Gasteiger partial charge in [0.2, 0.25) is 0 Å². The van der Waals surface area contributed by atoms with Gasteiger partial charge in [0.25, 0.3) is 0 Å². The number of piperazine rings is 1. The second kappa shape index (κ2) is 8.53. The summed E-state index contributed by atoms with van der Waals surface area (Å²) in [6.45, 7) is 3.37. The van der Waals surface area contributed by atoms with E-state index in [1.807, 2.05) is 24.4 Å². The topological polar surface area (TPSA) is 135 Å². The molecule has 10 nitrogen and oxygen atoms in total. The molecular weight excluding hydrogens is 430 g/mol. The third-order valence-corrected chi connectivity index (χ3v) is 6.15. The minimum absolute atomic E-state index is 0.347. The molecular formula is C24H25N9O. The zero-order valence-corrected chi connectivity index (χ0v) is 19.1. The van der Waals surface area contributed by atoms with Crippen molar-refractivity contribution in [1.82, 2.24) is 24.5 Å². The van der Waals surface area contributed by atoms with Crippen molar-refractivity contribution >= 4 is 22.6 Å². The van der Waals surface area contributed by atoms with Crippen LogP contribution in [-0.2, 0) is 0 Å². The molecule has 1 aliphatic heterocycles. The van der Waals surface area contributed by atoms with E-state index < -0.39 is 0 Å². The van der Waals surface area contributed by atoms with Crippen LogP contribution in [-0.4, -0.2) is 64.8 Å². The molecule has 0 saturated carbocycles. The molecule has 1 fully saturated rings. The fraction of sp³-hybridized carbons (Fsp3) is 0.250. The standard InChI is InChI=1S/C24H25N9O/c1-31-7-9-32(10-8-31)22-17(26)11-18(27)23(34-2)20(22)24-28-13-15(12-25)21(30-24)16-14-29-33-6-4-3-5-19(16)33/h3-6,11,13-14H,7-10,26-27H2,1-2H3. The number of aromatic nitrogens is 4. The molecule has 0 aliphatic carbocycles. The van der Waals surface area contributed by atoms with Gasteiger partial charge in [0.05, 0.1) is 52.7 Å². The maximum Gasteiger partial charge on any atom is 0.165 e. The number of hydrogen-bond acceptors (Lipinski definition) is 9. The van der Waals surface area contributed by atoms with Gasteiger partial charge in [-0.25, -0.2) is 14.5 Å². The molecule has 0 radical (unpaired) electrons. The van der Waals surface area contributed by atoms with Crippen molar-refractivity contribution in [2.75, 3.05) is 56.7 Å². The first-order valence-electron chi connectivity index (χ1n) is 10.9. The van der Waals surface area contributed by atoms with Crippen LogP contribution in [0.25, 0.3) is 28.2 Å². The number of benzene rings is 1. The van der Waals surface area contributed by atoms with E-state index in [2.05, 4.69) is 33.0 Å². The molecule has 172 valence electrons. The zero-order chi connectivity index (χ0) is 23.8. The highest BCUT2D eigenvalue weighted by Gasteiger charge is 2.27. The van der Waals surface area contributed by atoms with E-state index in [4.69, 9.17) is 21.2 Å². The minimum atomic E-state index is 0.347. The Labute approximate surface area is 197 Å². The summed E-state index contributed by atoms with van der Waals surface area (Å²) in [5, 5.41) is 14.2. The number of methoxy groups -OCH3 is 1. The fourth-order valence-corrected chi connectivity index (χ4v) is 4.40. The number of fused-ring (bicyclic) bond motifs is 1. The van der Waals surface area contributed by atoms with E-state index in [0.29, 0.717) is 39.8 Å². The molecule has 1 aromatic carbocycles. The van der Waals surface area contributed by atoms with Crippen molar-refractivity contribution in [2.24, 2.45) is 0 Å². The number of pyridine rings is 1. The Morgan fingerprint density at radius 2 is 1.88 bits per heavy atom. The highest BCUT2D eigenvalue weighted by Crippen LogP contribution is 2.46. The highest BCUT2D eigenvalue weighted by molar-refractivity contribution is 5.94. The first-order valence-corrected chi connectivity index (χ1v) is 10.9. The molecule has 10 heteroatoms. The van der Waals surface area contributed by atoms with Gasteiger partial charge in [-0.15, -0.1) is 0 Å². The predicted octanol–water partition coefficient (Wildman–Crippen LogP) is 2.25. The van der Waals surface area contributed by atoms with Gasteiger partial charge in [-0.05, 0) is 25.2 Å². The van der Waals surface area contributed by atoms with E-state index in [1.165, 1.54) is 6.20 Å². The molecule has 34 heavy (non-hydrogen) atoms. The van der Waals surface area contributed by atoms with E-state index in [1.54, 1.807) is 23.9 Å². The zero-order valence-electron chi connectivity index (χ0n) is 19.1. The van der Waals surface area contributed by atoms with Crippen molar-refractivity contribution in [2.45, 2.75) is 0 Å². The third kappa shape index (κ3) is 3.52. The summed E-state index contributed by atoms with van der Waals surface area (Å²) in [4.78, 5) is 13.9. The van der Waals surface area contributed by atoms with Crippen LogP contribution < -0.4 is 21.1 Å². The van der Waals surface area contributed by atoms with Gasteiger partial charge in [-0.3, -0.25) is 0 Å². The maximum absolute atomic E-state index is 9.79. The van der Waals surface area contributed by atoms with Crippen LogP contribution in [0.2, 0.25) is 0 Å². The number of nitrogens with zero attached hydrogens (tertiary/aromatic N) is 7. The number of hydrogen-bond donors (Lipinski definition) is 2. The van der Waals surface area contributed by atoms with Gasteiger partial charge in [0.1, 0.15) is 6.07 Å². The number of nitriles is 1. The number of anilines is 3. The Kier molecular flexibility index (Phi) is 5.39. The number of nitrogen functional groups attached to an aromatic ring is 2. The Hall–Kier alpha value is -4.36. The van der Waals surface area contributed by atoms with Crippen LogP contribution in [0.4, 0.5) is 17.1 Å². The van der Waals surface area contributed by atoms with Crippen LogP contribution in [0.15, 0.2) is 42.9 Å². The lowest BCUT2D eigenvalue weighted by molar-refractivity contribution is 0.313. The van der Waals surface area contributed by atoms with E-state index >= 15 is 0 Å². The Balaban J connectivity index is 1.74. The van der Waals surface area contributed by atoms with Crippen LogP contribution in [0.5, 0.6) is 5.75 Å². The average molecular weight is 456 g/mol. The second-order valence-corrected chi connectivity index (χ2v) is 8.26. The number of nitrogens with two attached hydrogens (primary N) is 2. The van der Waals surface area contributed by atoms with Crippen LogP contribution in [0, 0.1) is 11.3 Å². The van der Waals surface area contributed by atoms with Gasteiger partial charge < -0.3 is 26.0 Å². The largest absolute Gasteiger partial charge is 0.494 e. The summed E-state index contributed by atoms with van der Waals surface area (Å²) in [6, 6.07) is 9.66. The molecule has 0 spiro atoms. The smallest absolute Gasteiger partial charge is 0.165 e. The van der Waals surface area contributed by atoms with Gasteiger partial charge in [0, 0.05) is 44.1 Å². The van der Waals surface area contributed by atoms with Crippen molar-refractivity contribution < 1.29 is 4.74 Å². The molecule has 3 aromatic heterocycles. The lowest BCUT2D eigenvalue weighted by Gasteiger charge is -2.36. The van der Waals surface area contributed by atoms with Crippen molar-refractivity contribution in [3.8, 4) is 34.5 Å². The fourth-order valence-electron chi connectivity index (χ4n) is 4.40. The van der Waals surface area contributed by atoms with Crippen molar-refractivity contribution in [3.05, 3.63) is 48.4 Å². The van der Waals surface area contributed by atoms with E-state index in [9.17, 15) is 5.26 Å². The van der Waals surface area contributed by atoms with Gasteiger partial charge >= 0.3 is 0 Å². The lowest BCUT2D eigenvalue weighted by atomic mass is 10.0. The Morgan fingerprint density at radius 1 is 1.09 bits per heavy atom. The Morgan fingerprint density at radius 3 is 2.62 bits per heavy atom. The summed E-state index contributed by atoms with van der Waals surface area (Å²) in [7, 11) is 3.66. The molecule has 0 amide bonds. The predicted molar refractivity (Wildman–Crippen MR) is 131 cm³/mol. The molecule has 0 bridgehead atoms. The van der Waals surface area contributed by atoms with Crippen molar-refractivity contribution in [1.29, 1.82) is 5.26 Å². The van der Waals surface area contributed by atoms with E-state index in [0.717, 1.165) is 42.9 Å². The summed E-state index contributed by atoms with van der Waals surface area (Å²) >= 11 is 0. The molecule has 1 saturated heterocycles. The molecule has 0 atom stereocenters. The Bertz CT molecular complexity index is 1410. The van der Waals surface area contributed by atoms with Crippen molar-refractivity contribution in [3.63, 3.8) is 0 Å². The molecule has 4 N–H and O–H groups in total. The minimum Gasteiger partial charge on any atom is -0.494 e. The molecule has 1 aliphatic rings. The number of ether oxygens (including phenoxy) is 1. The van der Waals surface area contributed by atoms with Gasteiger partial charge in [0.15, 0.2) is 11.6 Å². The van der Waals surface area contributed by atoms with Gasteiger partial charge in [-0.2, -0.15) is 10.4 Å². The number of likely N-dealkylation sites (N-methyl/N-ethyl adjacent to an activating group) is 1. The van der Waals surface area contributed by atoms with Crippen LogP contribution in [0.3, 0.4) is 0 Å². The second-order valence-electron chi connectivity index (χ2n) is 8.26. The highest BCUT2D eigenvalue weighted by atomic mass is 16.5. The molecule has 4 heterocycles. The molecule has 4 aromatic rings. The maximum atomic E-state index is 9.79. The van der Waals surface area contributed by atoms with E-state index in [-0.39, 0.29) is 0 Å².